The van der Waals surface area contributed by atoms with E-state index in [2.05, 4.69) is 25.0 Å². The Morgan fingerprint density at radius 2 is 1.77 bits per heavy atom. The predicted molar refractivity (Wildman–Crippen MR) is 121 cm³/mol. The van der Waals surface area contributed by atoms with Crippen LogP contribution in [-0.4, -0.2) is 45.1 Å². The summed E-state index contributed by atoms with van der Waals surface area (Å²) in [5.74, 6) is 5.72. The smallest absolute Gasteiger partial charge is 0.410 e. The molecule has 164 valence electrons. The van der Waals surface area contributed by atoms with E-state index in [1.807, 2.05) is 31.2 Å². The minimum absolute atomic E-state index is 0.109. The van der Waals surface area contributed by atoms with Gasteiger partial charge in [0.15, 0.2) is 0 Å². The van der Waals surface area contributed by atoms with Crippen molar-refractivity contribution in [2.75, 3.05) is 6.54 Å². The van der Waals surface area contributed by atoms with Crippen LogP contribution in [0.25, 0.3) is 0 Å². The molecule has 5 nitrogen and oxygen atoms in total. The molecule has 1 amide bonds. The van der Waals surface area contributed by atoms with Crippen LogP contribution in [0.2, 0.25) is 0 Å². The molecule has 2 unspecified atom stereocenters. The SMILES string of the molecule is C=CC=C.CC(c1ccc(C#CC(C)(C)O)cc1)N1CCC(CC(C)(C)O)OC1=O. The maximum absolute atomic E-state index is 12.4. The van der Waals surface area contributed by atoms with E-state index in [1.165, 1.54) is 0 Å². The lowest BCUT2D eigenvalue weighted by Crippen LogP contribution is -2.45. The fraction of sp³-hybridized carbons (Fsp3) is 0.480. The summed E-state index contributed by atoms with van der Waals surface area (Å²) in [7, 11) is 0. The molecule has 0 bridgehead atoms. The minimum Gasteiger partial charge on any atom is -0.446 e. The second-order valence-electron chi connectivity index (χ2n) is 8.58. The van der Waals surface area contributed by atoms with Gasteiger partial charge in [0.1, 0.15) is 11.7 Å². The molecular formula is C25H35NO4. The predicted octanol–water partition coefficient (Wildman–Crippen LogP) is 4.60. The molecule has 0 spiro atoms. The molecule has 2 atom stereocenters. The number of benzene rings is 1. The first-order valence-corrected chi connectivity index (χ1v) is 10.1. The molecule has 2 N–H and O–H groups in total. The topological polar surface area (TPSA) is 70.0 Å². The summed E-state index contributed by atoms with van der Waals surface area (Å²) < 4.78 is 5.49. The van der Waals surface area contributed by atoms with Gasteiger partial charge in [0, 0.05) is 24.9 Å². The molecule has 0 saturated carbocycles. The van der Waals surface area contributed by atoms with Gasteiger partial charge < -0.3 is 19.8 Å². The number of carbonyl (C=O) groups excluding carboxylic acids is 1. The number of ether oxygens (including phenoxy) is 1. The minimum atomic E-state index is -1.02. The molecule has 5 heteroatoms. The van der Waals surface area contributed by atoms with Crippen molar-refractivity contribution in [1.29, 1.82) is 0 Å². The van der Waals surface area contributed by atoms with E-state index in [0.717, 1.165) is 11.1 Å². The quantitative estimate of drug-likeness (QED) is 0.547. The molecule has 1 aliphatic rings. The van der Waals surface area contributed by atoms with Gasteiger partial charge >= 0.3 is 6.09 Å². The Morgan fingerprint density at radius 3 is 2.20 bits per heavy atom. The van der Waals surface area contributed by atoms with Crippen LogP contribution in [0.1, 0.15) is 64.6 Å². The Morgan fingerprint density at radius 1 is 1.20 bits per heavy atom. The van der Waals surface area contributed by atoms with Crippen LogP contribution >= 0.6 is 0 Å². The van der Waals surface area contributed by atoms with Crippen LogP contribution in [0.5, 0.6) is 0 Å². The van der Waals surface area contributed by atoms with E-state index < -0.39 is 11.2 Å². The lowest BCUT2D eigenvalue weighted by molar-refractivity contribution is -0.0309. The Hall–Kier alpha value is -2.55. The summed E-state index contributed by atoms with van der Waals surface area (Å²) >= 11 is 0. The largest absolute Gasteiger partial charge is 0.446 e. The number of amides is 1. The van der Waals surface area contributed by atoms with Crippen molar-refractivity contribution in [3.8, 4) is 11.8 Å². The van der Waals surface area contributed by atoms with E-state index in [4.69, 9.17) is 4.74 Å². The standard InChI is InChI=1S/C21H29NO4.C4H6/c1-15(17-8-6-16(7-9-17)10-12-20(2,3)24)22-13-11-18(26-19(22)23)14-21(4,5)25;1-3-4-2/h6-9,15,18,24-25H,11,13-14H2,1-5H3;3-4H,1-2H2. The van der Waals surface area contributed by atoms with Crippen molar-refractivity contribution in [3.05, 3.63) is 60.7 Å². The van der Waals surface area contributed by atoms with Gasteiger partial charge in [0.25, 0.3) is 0 Å². The normalized spacial score (nSPS) is 17.5. The van der Waals surface area contributed by atoms with Crippen molar-refractivity contribution in [1.82, 2.24) is 4.90 Å². The third-order valence-electron chi connectivity index (χ3n) is 4.46. The highest BCUT2D eigenvalue weighted by Gasteiger charge is 2.33. The molecule has 30 heavy (non-hydrogen) atoms. The Kier molecular flexibility index (Phi) is 9.35. The van der Waals surface area contributed by atoms with Gasteiger partial charge in [0.05, 0.1) is 11.6 Å². The van der Waals surface area contributed by atoms with Crippen LogP contribution in [0.3, 0.4) is 0 Å². The molecule has 0 aliphatic carbocycles. The van der Waals surface area contributed by atoms with Crippen LogP contribution in [0.15, 0.2) is 49.6 Å². The molecule has 0 aromatic heterocycles. The van der Waals surface area contributed by atoms with Gasteiger partial charge in [-0.1, -0.05) is 49.3 Å². The monoisotopic (exact) mass is 413 g/mol. The van der Waals surface area contributed by atoms with Gasteiger partial charge in [-0.2, -0.15) is 0 Å². The summed E-state index contributed by atoms with van der Waals surface area (Å²) in [6.45, 7) is 16.0. The van der Waals surface area contributed by atoms with Crippen LogP contribution in [0, 0.1) is 11.8 Å². The molecule has 1 aromatic carbocycles. The molecule has 1 aliphatic heterocycles. The number of allylic oxidation sites excluding steroid dienone is 2. The van der Waals surface area contributed by atoms with E-state index in [1.54, 1.807) is 44.7 Å². The third kappa shape index (κ3) is 9.30. The molecule has 1 saturated heterocycles. The number of carbonyl (C=O) groups is 1. The van der Waals surface area contributed by atoms with E-state index in [9.17, 15) is 15.0 Å². The Labute approximate surface area is 181 Å². The van der Waals surface area contributed by atoms with E-state index in [0.29, 0.717) is 19.4 Å². The fourth-order valence-corrected chi connectivity index (χ4v) is 2.95. The summed E-state index contributed by atoms with van der Waals surface area (Å²) in [6.07, 6.45) is 3.83. The number of nitrogens with zero attached hydrogens (tertiary/aromatic N) is 1. The number of hydrogen-bond donors (Lipinski definition) is 2. The zero-order chi connectivity index (χ0) is 22.9. The summed E-state index contributed by atoms with van der Waals surface area (Å²) in [5.41, 5.74) is -0.0618. The zero-order valence-electron chi connectivity index (χ0n) is 18.8. The van der Waals surface area contributed by atoms with Crippen molar-refractivity contribution in [2.24, 2.45) is 0 Å². The van der Waals surface area contributed by atoms with E-state index >= 15 is 0 Å². The van der Waals surface area contributed by atoms with Crippen molar-refractivity contribution >= 4 is 6.09 Å². The molecule has 0 radical (unpaired) electrons. The lowest BCUT2D eigenvalue weighted by atomic mass is 9.97. The fourth-order valence-electron chi connectivity index (χ4n) is 2.95. The average molecular weight is 414 g/mol. The molecule has 1 fully saturated rings. The number of aliphatic hydroxyl groups is 2. The van der Waals surface area contributed by atoms with Crippen molar-refractivity contribution in [3.63, 3.8) is 0 Å². The molecule has 1 aromatic rings. The highest BCUT2D eigenvalue weighted by molar-refractivity contribution is 5.69. The van der Waals surface area contributed by atoms with Crippen molar-refractivity contribution < 1.29 is 19.7 Å². The maximum atomic E-state index is 12.4. The van der Waals surface area contributed by atoms with Gasteiger partial charge in [0.2, 0.25) is 0 Å². The van der Waals surface area contributed by atoms with Gasteiger partial charge in [-0.15, -0.1) is 0 Å². The Balaban J connectivity index is 0.00000103. The second kappa shape index (κ2) is 11.0. The maximum Gasteiger partial charge on any atom is 0.410 e. The van der Waals surface area contributed by atoms with E-state index in [-0.39, 0.29) is 18.2 Å². The highest BCUT2D eigenvalue weighted by atomic mass is 16.6. The summed E-state index contributed by atoms with van der Waals surface area (Å²) in [4.78, 5) is 14.1. The second-order valence-corrected chi connectivity index (χ2v) is 8.58. The third-order valence-corrected chi connectivity index (χ3v) is 4.46. The lowest BCUT2D eigenvalue weighted by Gasteiger charge is -2.37. The highest BCUT2D eigenvalue weighted by Crippen LogP contribution is 2.28. The molecular weight excluding hydrogens is 378 g/mol. The Bertz CT molecular complexity index is 767. The first-order valence-electron chi connectivity index (χ1n) is 10.1. The molecule has 1 heterocycles. The van der Waals surface area contributed by atoms with Crippen molar-refractivity contribution in [2.45, 2.75) is 70.8 Å². The van der Waals surface area contributed by atoms with Gasteiger partial charge in [-0.05, 0) is 52.3 Å². The van der Waals surface area contributed by atoms with Crippen LogP contribution < -0.4 is 0 Å². The summed E-state index contributed by atoms with van der Waals surface area (Å²) in [6, 6.07) is 7.54. The molecule has 2 rings (SSSR count). The number of hydrogen-bond acceptors (Lipinski definition) is 4. The average Bonchev–Trinajstić information content (AvgIpc) is 2.65. The van der Waals surface area contributed by atoms with Gasteiger partial charge in [-0.3, -0.25) is 0 Å². The van der Waals surface area contributed by atoms with Crippen LogP contribution in [-0.2, 0) is 4.74 Å². The van der Waals surface area contributed by atoms with Crippen LogP contribution in [0.4, 0.5) is 4.79 Å². The first kappa shape index (κ1) is 25.5. The summed E-state index contributed by atoms with van der Waals surface area (Å²) in [5, 5.41) is 19.6. The zero-order valence-corrected chi connectivity index (χ0v) is 18.8. The number of cyclic esters (lactones) is 1. The van der Waals surface area contributed by atoms with Gasteiger partial charge in [-0.25, -0.2) is 4.79 Å². The number of rotatable bonds is 5. The first-order chi connectivity index (χ1) is 13.9.